The molecule has 0 radical (unpaired) electrons. The molecule has 100 valence electrons. The molecule has 0 bridgehead atoms. The summed E-state index contributed by atoms with van der Waals surface area (Å²) in [5.74, 6) is 0.199. The molecule has 2 atom stereocenters. The molecular weight excluding hydrogens is 212 g/mol. The lowest BCUT2D eigenvalue weighted by molar-refractivity contribution is -0.150. The molecule has 0 aliphatic carbocycles. The zero-order valence-corrected chi connectivity index (χ0v) is 12.2. The minimum atomic E-state index is -0.521. The topological polar surface area (TPSA) is 46.3 Å². The van der Waals surface area contributed by atoms with Gasteiger partial charge in [-0.1, -0.05) is 0 Å². The Morgan fingerprint density at radius 3 is 1.88 bits per heavy atom. The number of likely N-dealkylation sites (tertiary alicyclic amines) is 1. The van der Waals surface area contributed by atoms with Crippen molar-refractivity contribution in [1.29, 1.82) is 0 Å². The molecule has 3 heteroatoms. The quantitative estimate of drug-likeness (QED) is 0.806. The van der Waals surface area contributed by atoms with Gasteiger partial charge in [0, 0.05) is 17.6 Å². The second kappa shape index (κ2) is 4.60. The summed E-state index contributed by atoms with van der Waals surface area (Å²) in [5.41, 5.74) is 5.14. The minimum Gasteiger partial charge on any atom is -0.337 e. The Morgan fingerprint density at radius 2 is 1.53 bits per heavy atom. The van der Waals surface area contributed by atoms with E-state index in [2.05, 4.69) is 18.7 Å². The number of carbonyl (C=O) groups excluding carboxylic acids is 1. The average molecular weight is 240 g/mol. The number of rotatable bonds is 2. The second-order valence-electron chi connectivity index (χ2n) is 6.69. The SMILES string of the molecule is C[C@@H]1CCC[C@H](C)N1C(=O)C(C)(C)C(C)(C)N. The van der Waals surface area contributed by atoms with Crippen molar-refractivity contribution in [3.05, 3.63) is 0 Å². The zero-order chi connectivity index (χ0) is 13.4. The highest BCUT2D eigenvalue weighted by atomic mass is 16.2. The van der Waals surface area contributed by atoms with Crippen molar-refractivity contribution in [1.82, 2.24) is 4.90 Å². The first kappa shape index (κ1) is 14.5. The van der Waals surface area contributed by atoms with Gasteiger partial charge < -0.3 is 10.6 Å². The Balaban J connectivity index is 2.95. The normalized spacial score (nSPS) is 27.1. The van der Waals surface area contributed by atoms with Crippen LogP contribution in [0.1, 0.15) is 60.8 Å². The van der Waals surface area contributed by atoms with E-state index in [9.17, 15) is 4.79 Å². The van der Waals surface area contributed by atoms with Crippen LogP contribution in [0.5, 0.6) is 0 Å². The van der Waals surface area contributed by atoms with Gasteiger partial charge in [-0.25, -0.2) is 0 Å². The van der Waals surface area contributed by atoms with Crippen molar-refractivity contribution in [2.24, 2.45) is 11.1 Å². The fraction of sp³-hybridized carbons (Fsp3) is 0.929. The molecule has 3 nitrogen and oxygen atoms in total. The molecule has 1 saturated heterocycles. The first-order valence-electron chi connectivity index (χ1n) is 6.70. The summed E-state index contributed by atoms with van der Waals surface area (Å²) in [6, 6.07) is 0.681. The third kappa shape index (κ3) is 2.65. The molecule has 0 unspecified atom stereocenters. The van der Waals surface area contributed by atoms with Crippen LogP contribution < -0.4 is 5.73 Å². The molecule has 1 amide bonds. The van der Waals surface area contributed by atoms with Crippen molar-refractivity contribution >= 4 is 5.91 Å². The molecule has 0 saturated carbocycles. The van der Waals surface area contributed by atoms with Crippen LogP contribution in [0.2, 0.25) is 0 Å². The van der Waals surface area contributed by atoms with E-state index in [0.29, 0.717) is 12.1 Å². The fourth-order valence-electron chi connectivity index (χ4n) is 2.42. The van der Waals surface area contributed by atoms with Gasteiger partial charge in [-0.3, -0.25) is 4.79 Å². The Morgan fingerprint density at radius 1 is 1.12 bits per heavy atom. The smallest absolute Gasteiger partial charge is 0.230 e. The number of hydrogen-bond donors (Lipinski definition) is 1. The van der Waals surface area contributed by atoms with Crippen molar-refractivity contribution in [3.8, 4) is 0 Å². The van der Waals surface area contributed by atoms with Crippen molar-refractivity contribution in [2.75, 3.05) is 0 Å². The lowest BCUT2D eigenvalue weighted by atomic mass is 9.73. The number of nitrogens with zero attached hydrogens (tertiary/aromatic N) is 1. The minimum absolute atomic E-state index is 0.199. The molecule has 0 aromatic heterocycles. The van der Waals surface area contributed by atoms with Crippen molar-refractivity contribution in [2.45, 2.75) is 78.4 Å². The Labute approximate surface area is 106 Å². The van der Waals surface area contributed by atoms with E-state index in [1.165, 1.54) is 6.42 Å². The highest BCUT2D eigenvalue weighted by Gasteiger charge is 2.45. The summed E-state index contributed by atoms with van der Waals surface area (Å²) in [7, 11) is 0. The largest absolute Gasteiger partial charge is 0.337 e. The molecular formula is C14H28N2O. The summed E-state index contributed by atoms with van der Waals surface area (Å²) in [6.07, 6.45) is 3.44. The number of carbonyl (C=O) groups is 1. The summed E-state index contributed by atoms with van der Waals surface area (Å²) < 4.78 is 0. The van der Waals surface area contributed by atoms with E-state index in [-0.39, 0.29) is 5.91 Å². The van der Waals surface area contributed by atoms with Crippen LogP contribution in [-0.2, 0) is 4.79 Å². The number of hydrogen-bond acceptors (Lipinski definition) is 2. The van der Waals surface area contributed by atoms with E-state index >= 15 is 0 Å². The van der Waals surface area contributed by atoms with Gasteiger partial charge in [-0.05, 0) is 60.8 Å². The van der Waals surface area contributed by atoms with Gasteiger partial charge in [-0.2, -0.15) is 0 Å². The van der Waals surface area contributed by atoms with Crippen LogP contribution in [0.25, 0.3) is 0 Å². The van der Waals surface area contributed by atoms with E-state index in [0.717, 1.165) is 12.8 Å². The molecule has 1 fully saturated rings. The molecule has 0 aromatic rings. The Bertz CT molecular complexity index is 281. The predicted molar refractivity (Wildman–Crippen MR) is 71.7 cm³/mol. The number of piperidine rings is 1. The third-order valence-electron chi connectivity index (χ3n) is 4.57. The van der Waals surface area contributed by atoms with Crippen LogP contribution in [0, 0.1) is 5.41 Å². The van der Waals surface area contributed by atoms with Crippen LogP contribution in [0.4, 0.5) is 0 Å². The van der Waals surface area contributed by atoms with E-state index in [1.807, 2.05) is 27.7 Å². The lowest BCUT2D eigenvalue weighted by Crippen LogP contribution is -2.60. The molecule has 1 rings (SSSR count). The van der Waals surface area contributed by atoms with E-state index < -0.39 is 11.0 Å². The number of amides is 1. The van der Waals surface area contributed by atoms with Crippen molar-refractivity contribution < 1.29 is 4.79 Å². The number of nitrogens with two attached hydrogens (primary N) is 1. The fourth-order valence-corrected chi connectivity index (χ4v) is 2.42. The molecule has 1 heterocycles. The highest BCUT2D eigenvalue weighted by Crippen LogP contribution is 2.34. The molecule has 1 aliphatic rings. The summed E-state index contributed by atoms with van der Waals surface area (Å²) in [5, 5.41) is 0. The maximum Gasteiger partial charge on any atom is 0.230 e. The third-order valence-corrected chi connectivity index (χ3v) is 4.57. The first-order chi connectivity index (χ1) is 7.59. The molecule has 17 heavy (non-hydrogen) atoms. The lowest BCUT2D eigenvalue weighted by Gasteiger charge is -2.47. The second-order valence-corrected chi connectivity index (χ2v) is 6.69. The zero-order valence-electron chi connectivity index (χ0n) is 12.2. The summed E-state index contributed by atoms with van der Waals surface area (Å²) in [4.78, 5) is 14.8. The highest BCUT2D eigenvalue weighted by molar-refractivity contribution is 5.84. The van der Waals surface area contributed by atoms with Gasteiger partial charge >= 0.3 is 0 Å². The molecule has 2 N–H and O–H groups in total. The molecule has 0 spiro atoms. The van der Waals surface area contributed by atoms with E-state index in [1.54, 1.807) is 0 Å². The maximum absolute atomic E-state index is 12.7. The first-order valence-corrected chi connectivity index (χ1v) is 6.70. The predicted octanol–water partition coefficient (Wildman–Crippen LogP) is 2.54. The van der Waals surface area contributed by atoms with Gasteiger partial charge in [0.05, 0.1) is 5.41 Å². The average Bonchev–Trinajstić information content (AvgIpc) is 2.15. The van der Waals surface area contributed by atoms with Crippen LogP contribution in [-0.4, -0.2) is 28.4 Å². The summed E-state index contributed by atoms with van der Waals surface area (Å²) in [6.45, 7) is 12.1. The summed E-state index contributed by atoms with van der Waals surface area (Å²) >= 11 is 0. The molecule has 1 aliphatic heterocycles. The Kier molecular flexibility index (Phi) is 3.92. The van der Waals surface area contributed by atoms with Crippen LogP contribution >= 0.6 is 0 Å². The van der Waals surface area contributed by atoms with Gasteiger partial charge in [0.15, 0.2) is 0 Å². The van der Waals surface area contributed by atoms with E-state index in [4.69, 9.17) is 5.73 Å². The Hall–Kier alpha value is -0.570. The van der Waals surface area contributed by atoms with Gasteiger partial charge in [0.1, 0.15) is 0 Å². The van der Waals surface area contributed by atoms with Gasteiger partial charge in [0.25, 0.3) is 0 Å². The monoisotopic (exact) mass is 240 g/mol. The standard InChI is InChI=1S/C14H28N2O/c1-10-8-7-9-11(2)16(10)12(17)13(3,4)14(5,6)15/h10-11H,7-9,15H2,1-6H3/t10-,11+. The van der Waals surface area contributed by atoms with Crippen LogP contribution in [0.15, 0.2) is 0 Å². The van der Waals surface area contributed by atoms with Crippen molar-refractivity contribution in [3.63, 3.8) is 0 Å². The molecule has 0 aromatic carbocycles. The van der Waals surface area contributed by atoms with Gasteiger partial charge in [-0.15, -0.1) is 0 Å². The van der Waals surface area contributed by atoms with Crippen LogP contribution in [0.3, 0.4) is 0 Å². The maximum atomic E-state index is 12.7. The van der Waals surface area contributed by atoms with Gasteiger partial charge in [0.2, 0.25) is 5.91 Å².